The van der Waals surface area contributed by atoms with Crippen molar-refractivity contribution in [2.24, 2.45) is 0 Å². The molecule has 0 saturated carbocycles. The van der Waals surface area contributed by atoms with Crippen molar-refractivity contribution in [3.63, 3.8) is 0 Å². The highest BCUT2D eigenvalue weighted by Crippen LogP contribution is 2.24. The monoisotopic (exact) mass is 267 g/mol. The molecule has 3 atom stereocenters. The second-order valence-corrected chi connectivity index (χ2v) is 7.29. The molecule has 1 N–H and O–H groups in total. The Kier molecular flexibility index (Phi) is 3.87. The van der Waals surface area contributed by atoms with Gasteiger partial charge in [0.25, 0.3) is 0 Å². The van der Waals surface area contributed by atoms with E-state index in [0.717, 1.165) is 32.8 Å². The van der Waals surface area contributed by atoms with Crippen LogP contribution in [0.15, 0.2) is 0 Å². The third-order valence-corrected chi connectivity index (χ3v) is 5.00. The predicted octanol–water partition coefficient (Wildman–Crippen LogP) is 0.922. The summed E-state index contributed by atoms with van der Waals surface area (Å²) in [7, 11) is 0. The van der Waals surface area contributed by atoms with Crippen molar-refractivity contribution in [3.05, 3.63) is 0 Å². The number of hydrogen-bond acceptors (Lipinski definition) is 4. The second kappa shape index (κ2) is 5.32. The molecule has 3 fully saturated rings. The standard InChI is InChI=1S/C15H29N3O/c1-12-7-16-15(2,3)11-18(12)9-14-8-17-6-4-5-13(17)10-19-14/h12-14,16H,4-11H2,1-3H3. The molecular formula is C15H29N3O. The van der Waals surface area contributed by atoms with Gasteiger partial charge in [-0.2, -0.15) is 0 Å². The fourth-order valence-corrected chi connectivity index (χ4v) is 3.77. The Morgan fingerprint density at radius 2 is 2.21 bits per heavy atom. The summed E-state index contributed by atoms with van der Waals surface area (Å²) >= 11 is 0. The van der Waals surface area contributed by atoms with E-state index < -0.39 is 0 Å². The van der Waals surface area contributed by atoms with Gasteiger partial charge in [-0.15, -0.1) is 0 Å². The largest absolute Gasteiger partial charge is 0.374 e. The van der Waals surface area contributed by atoms with Gasteiger partial charge < -0.3 is 10.1 Å². The molecule has 0 bridgehead atoms. The lowest BCUT2D eigenvalue weighted by atomic mass is 9.98. The van der Waals surface area contributed by atoms with Crippen LogP contribution >= 0.6 is 0 Å². The molecule has 0 aliphatic carbocycles. The molecule has 3 heterocycles. The summed E-state index contributed by atoms with van der Waals surface area (Å²) in [6.45, 7) is 13.6. The van der Waals surface area contributed by atoms with Crippen LogP contribution in [0.5, 0.6) is 0 Å². The molecule has 3 saturated heterocycles. The Bertz CT molecular complexity index is 321. The third-order valence-electron chi connectivity index (χ3n) is 5.00. The third kappa shape index (κ3) is 3.13. The summed E-state index contributed by atoms with van der Waals surface area (Å²) in [4.78, 5) is 5.25. The van der Waals surface area contributed by atoms with Crippen LogP contribution in [-0.4, -0.2) is 72.9 Å². The minimum absolute atomic E-state index is 0.233. The van der Waals surface area contributed by atoms with Crippen molar-refractivity contribution in [3.8, 4) is 0 Å². The summed E-state index contributed by atoms with van der Waals surface area (Å²) in [5.41, 5.74) is 0.233. The van der Waals surface area contributed by atoms with Gasteiger partial charge in [0, 0.05) is 43.8 Å². The molecule has 0 spiro atoms. The van der Waals surface area contributed by atoms with Crippen molar-refractivity contribution >= 4 is 0 Å². The smallest absolute Gasteiger partial charge is 0.0829 e. The first-order valence-corrected chi connectivity index (χ1v) is 7.88. The predicted molar refractivity (Wildman–Crippen MR) is 77.5 cm³/mol. The molecule has 3 rings (SSSR count). The number of nitrogens with one attached hydrogen (secondary N) is 1. The lowest BCUT2D eigenvalue weighted by molar-refractivity contribution is -0.0706. The summed E-state index contributed by atoms with van der Waals surface area (Å²) in [6.07, 6.45) is 3.10. The quantitative estimate of drug-likeness (QED) is 0.805. The van der Waals surface area contributed by atoms with E-state index >= 15 is 0 Å². The Labute approximate surface area is 117 Å². The van der Waals surface area contributed by atoms with E-state index in [-0.39, 0.29) is 5.54 Å². The fourth-order valence-electron chi connectivity index (χ4n) is 3.77. The summed E-state index contributed by atoms with van der Waals surface area (Å²) in [5.74, 6) is 0. The van der Waals surface area contributed by atoms with Crippen LogP contribution < -0.4 is 5.32 Å². The number of nitrogens with zero attached hydrogens (tertiary/aromatic N) is 2. The zero-order valence-corrected chi connectivity index (χ0v) is 12.7. The van der Waals surface area contributed by atoms with Crippen LogP contribution in [0, 0.1) is 0 Å². The van der Waals surface area contributed by atoms with Gasteiger partial charge in [0.2, 0.25) is 0 Å². The van der Waals surface area contributed by atoms with E-state index in [9.17, 15) is 0 Å². The maximum Gasteiger partial charge on any atom is 0.0829 e. The van der Waals surface area contributed by atoms with Crippen LogP contribution in [0.25, 0.3) is 0 Å². The molecule has 3 aliphatic heterocycles. The van der Waals surface area contributed by atoms with Gasteiger partial charge in [-0.1, -0.05) is 0 Å². The van der Waals surface area contributed by atoms with Crippen LogP contribution in [0.3, 0.4) is 0 Å². The van der Waals surface area contributed by atoms with E-state index in [2.05, 4.69) is 35.9 Å². The Morgan fingerprint density at radius 3 is 3.05 bits per heavy atom. The molecule has 3 aliphatic rings. The van der Waals surface area contributed by atoms with Crippen LogP contribution in [0.4, 0.5) is 0 Å². The van der Waals surface area contributed by atoms with Crippen molar-refractivity contribution < 1.29 is 4.74 Å². The van der Waals surface area contributed by atoms with E-state index in [1.165, 1.54) is 19.4 Å². The van der Waals surface area contributed by atoms with Crippen molar-refractivity contribution in [2.45, 2.75) is 57.3 Å². The van der Waals surface area contributed by atoms with Crippen LogP contribution in [-0.2, 0) is 4.74 Å². The zero-order chi connectivity index (χ0) is 13.5. The van der Waals surface area contributed by atoms with Gasteiger partial charge in [-0.25, -0.2) is 0 Å². The molecule has 3 unspecified atom stereocenters. The number of piperazine rings is 1. The number of rotatable bonds is 2. The minimum atomic E-state index is 0.233. The number of hydrogen-bond donors (Lipinski definition) is 1. The van der Waals surface area contributed by atoms with Crippen molar-refractivity contribution in [1.82, 2.24) is 15.1 Å². The summed E-state index contributed by atoms with van der Waals surface area (Å²) in [5, 5.41) is 3.62. The van der Waals surface area contributed by atoms with Crippen molar-refractivity contribution in [1.29, 1.82) is 0 Å². The van der Waals surface area contributed by atoms with E-state index in [1.54, 1.807) is 0 Å². The molecule has 110 valence electrons. The van der Waals surface area contributed by atoms with E-state index in [0.29, 0.717) is 18.2 Å². The molecule has 0 aromatic rings. The van der Waals surface area contributed by atoms with E-state index in [4.69, 9.17) is 4.74 Å². The first-order valence-electron chi connectivity index (χ1n) is 7.88. The highest BCUT2D eigenvalue weighted by molar-refractivity contribution is 4.93. The molecule has 4 heteroatoms. The van der Waals surface area contributed by atoms with Crippen LogP contribution in [0.1, 0.15) is 33.6 Å². The summed E-state index contributed by atoms with van der Waals surface area (Å²) < 4.78 is 6.11. The number of morpholine rings is 1. The normalized spacial score (nSPS) is 40.3. The Morgan fingerprint density at radius 1 is 1.37 bits per heavy atom. The van der Waals surface area contributed by atoms with Gasteiger partial charge >= 0.3 is 0 Å². The average molecular weight is 267 g/mol. The maximum atomic E-state index is 6.11. The van der Waals surface area contributed by atoms with Gasteiger partial charge in [0.15, 0.2) is 0 Å². The molecule has 0 amide bonds. The van der Waals surface area contributed by atoms with Crippen LogP contribution in [0.2, 0.25) is 0 Å². The Hall–Kier alpha value is -0.160. The first kappa shape index (κ1) is 13.8. The summed E-state index contributed by atoms with van der Waals surface area (Å²) in [6, 6.07) is 1.33. The first-order chi connectivity index (χ1) is 9.03. The van der Waals surface area contributed by atoms with Gasteiger partial charge in [-0.3, -0.25) is 9.80 Å². The maximum absolute atomic E-state index is 6.11. The SMILES string of the molecule is CC1CNC(C)(C)CN1CC1CN2CCCC2CO1. The highest BCUT2D eigenvalue weighted by Gasteiger charge is 2.36. The molecule has 4 nitrogen and oxygen atoms in total. The van der Waals surface area contributed by atoms with Gasteiger partial charge in [0.05, 0.1) is 12.7 Å². The van der Waals surface area contributed by atoms with Crippen molar-refractivity contribution in [2.75, 3.05) is 39.3 Å². The molecule has 0 aromatic heterocycles. The minimum Gasteiger partial charge on any atom is -0.374 e. The van der Waals surface area contributed by atoms with Gasteiger partial charge in [-0.05, 0) is 40.2 Å². The molecule has 19 heavy (non-hydrogen) atoms. The zero-order valence-electron chi connectivity index (χ0n) is 12.7. The lowest BCUT2D eigenvalue weighted by Gasteiger charge is -2.46. The van der Waals surface area contributed by atoms with E-state index in [1.807, 2.05) is 0 Å². The highest BCUT2D eigenvalue weighted by atomic mass is 16.5. The fraction of sp³-hybridized carbons (Fsp3) is 1.00. The molecular weight excluding hydrogens is 238 g/mol. The second-order valence-electron chi connectivity index (χ2n) is 7.29. The molecule has 0 radical (unpaired) electrons. The Balaban J connectivity index is 1.55. The lowest BCUT2D eigenvalue weighted by Crippen LogP contribution is -2.63. The average Bonchev–Trinajstić information content (AvgIpc) is 2.81. The number of ether oxygens (including phenoxy) is 1. The molecule has 0 aromatic carbocycles. The van der Waals surface area contributed by atoms with Gasteiger partial charge in [0.1, 0.15) is 0 Å². The number of fused-ring (bicyclic) bond motifs is 1. The topological polar surface area (TPSA) is 27.7 Å².